The van der Waals surface area contributed by atoms with E-state index in [2.05, 4.69) is 0 Å². The largest absolute Gasteiger partial charge is 0.493 e. The molecule has 1 saturated heterocycles. The summed E-state index contributed by atoms with van der Waals surface area (Å²) in [6, 6.07) is 21.2. The third-order valence-electron chi connectivity index (χ3n) is 6.33. The van der Waals surface area contributed by atoms with Gasteiger partial charge in [-0.05, 0) is 68.9 Å². The molecule has 0 aromatic heterocycles. The molecule has 1 amide bonds. The third-order valence-corrected chi connectivity index (χ3v) is 8.08. The molecule has 0 spiro atoms. The number of benzene rings is 3. The first-order valence-electron chi connectivity index (χ1n) is 13.0. The van der Waals surface area contributed by atoms with Gasteiger partial charge >= 0.3 is 16.2 Å². The molecule has 0 saturated carbocycles. The monoisotopic (exact) mass is 571 g/mol. The summed E-state index contributed by atoms with van der Waals surface area (Å²) >= 11 is 6.10. The second-order valence-corrected chi connectivity index (χ2v) is 12.5. The fraction of sp³-hybridized carbons (Fsp3) is 0.367. The Hall–Kier alpha value is -3.23. The molecule has 0 aliphatic carbocycles. The first-order valence-corrected chi connectivity index (χ1v) is 14.8. The lowest BCUT2D eigenvalue weighted by molar-refractivity contribution is 0.0164. The molecule has 9 heteroatoms. The molecule has 0 radical (unpaired) electrons. The molecule has 0 atom stereocenters. The number of carbonyl (C=O) groups is 1. The molecule has 0 N–H and O–H groups in total. The summed E-state index contributed by atoms with van der Waals surface area (Å²) in [6.07, 6.45) is 1.89. The molecule has 0 bridgehead atoms. The van der Waals surface area contributed by atoms with Crippen molar-refractivity contribution in [2.24, 2.45) is 5.92 Å². The highest BCUT2D eigenvalue weighted by molar-refractivity contribution is 7.87. The minimum atomic E-state index is -4.13. The Morgan fingerprint density at radius 3 is 2.31 bits per heavy atom. The first-order chi connectivity index (χ1) is 18.5. The van der Waals surface area contributed by atoms with Gasteiger partial charge in [-0.2, -0.15) is 8.42 Å². The summed E-state index contributed by atoms with van der Waals surface area (Å²) in [5, 5.41) is 0.0902. The normalized spacial score (nSPS) is 14.6. The number of likely N-dealkylation sites (tertiary alicyclic amines) is 1. The van der Waals surface area contributed by atoms with Gasteiger partial charge in [0.05, 0.1) is 11.6 Å². The molecular weight excluding hydrogens is 538 g/mol. The van der Waals surface area contributed by atoms with Gasteiger partial charge in [0.15, 0.2) is 0 Å². The van der Waals surface area contributed by atoms with E-state index < -0.39 is 15.7 Å². The van der Waals surface area contributed by atoms with Crippen LogP contribution in [0, 0.1) is 5.92 Å². The van der Waals surface area contributed by atoms with Crippen LogP contribution in [0.3, 0.4) is 0 Å². The van der Waals surface area contributed by atoms with Gasteiger partial charge in [0.1, 0.15) is 22.0 Å². The van der Waals surface area contributed by atoms with E-state index in [1.807, 2.05) is 57.2 Å². The van der Waals surface area contributed by atoms with E-state index in [4.69, 9.17) is 25.3 Å². The average molecular weight is 572 g/mol. The van der Waals surface area contributed by atoms with Gasteiger partial charge in [-0.3, -0.25) is 0 Å². The summed E-state index contributed by atoms with van der Waals surface area (Å²) in [4.78, 5) is 14.0. The Labute approximate surface area is 235 Å². The van der Waals surface area contributed by atoms with E-state index in [0.717, 1.165) is 24.0 Å². The third kappa shape index (κ3) is 8.13. The van der Waals surface area contributed by atoms with E-state index in [1.165, 1.54) is 12.1 Å². The number of hydrogen-bond acceptors (Lipinski definition) is 6. The zero-order valence-corrected chi connectivity index (χ0v) is 24.0. The standard InChI is InChI=1S/C30H34ClNO6S/c1-30(2,3)37-29(33)32-17-15-23(16-18-32)21-36-27-20-25(14-13-24(27)19-22-9-5-4-6-10-22)38-39(34,35)28-12-8-7-11-26(28)31/h4-14,20,23H,15-19,21H2,1-3H3. The topological polar surface area (TPSA) is 82.1 Å². The van der Waals surface area contributed by atoms with Crippen molar-refractivity contribution in [2.75, 3.05) is 19.7 Å². The van der Waals surface area contributed by atoms with Gasteiger partial charge in [-0.1, -0.05) is 60.1 Å². The highest BCUT2D eigenvalue weighted by Gasteiger charge is 2.27. The maximum Gasteiger partial charge on any atom is 0.410 e. The second kappa shape index (κ2) is 12.3. The van der Waals surface area contributed by atoms with E-state index in [0.29, 0.717) is 31.9 Å². The summed E-state index contributed by atoms with van der Waals surface area (Å²) in [7, 11) is -4.13. The van der Waals surface area contributed by atoms with Crippen molar-refractivity contribution in [3.8, 4) is 11.5 Å². The molecule has 39 heavy (non-hydrogen) atoms. The minimum absolute atomic E-state index is 0.0902. The molecule has 1 aliphatic rings. The van der Waals surface area contributed by atoms with Crippen molar-refractivity contribution in [1.82, 2.24) is 4.90 Å². The van der Waals surface area contributed by atoms with Gasteiger partial charge < -0.3 is 18.6 Å². The van der Waals surface area contributed by atoms with Crippen molar-refractivity contribution in [1.29, 1.82) is 0 Å². The maximum absolute atomic E-state index is 12.9. The Morgan fingerprint density at radius 2 is 1.64 bits per heavy atom. The molecular formula is C30H34ClNO6S. The van der Waals surface area contributed by atoms with Crippen LogP contribution in [0.25, 0.3) is 0 Å². The molecule has 3 aromatic rings. The van der Waals surface area contributed by atoms with Crippen LogP contribution in [0.4, 0.5) is 4.79 Å². The molecule has 7 nitrogen and oxygen atoms in total. The molecule has 1 heterocycles. The number of halogens is 1. The predicted octanol–water partition coefficient (Wildman–Crippen LogP) is 6.72. The van der Waals surface area contributed by atoms with Gasteiger partial charge in [-0.25, -0.2) is 4.79 Å². The van der Waals surface area contributed by atoms with Crippen molar-refractivity contribution in [3.05, 3.63) is 88.9 Å². The molecule has 1 fully saturated rings. The van der Waals surface area contributed by atoms with Crippen molar-refractivity contribution < 1.29 is 26.9 Å². The van der Waals surface area contributed by atoms with Gasteiger partial charge in [0.25, 0.3) is 0 Å². The lowest BCUT2D eigenvalue weighted by Gasteiger charge is -2.33. The SMILES string of the molecule is CC(C)(C)OC(=O)N1CCC(COc2cc(OS(=O)(=O)c3ccccc3Cl)ccc2Cc2ccccc2)CC1. The first kappa shape index (κ1) is 28.8. The van der Waals surface area contributed by atoms with Crippen LogP contribution in [0.5, 0.6) is 11.5 Å². The van der Waals surface area contributed by atoms with Crippen LogP contribution in [0.15, 0.2) is 77.7 Å². The predicted molar refractivity (Wildman–Crippen MR) is 151 cm³/mol. The van der Waals surface area contributed by atoms with E-state index in [1.54, 1.807) is 29.2 Å². The Bertz CT molecular complexity index is 1380. The van der Waals surface area contributed by atoms with E-state index >= 15 is 0 Å². The van der Waals surface area contributed by atoms with Crippen LogP contribution >= 0.6 is 11.6 Å². The van der Waals surface area contributed by atoms with Crippen LogP contribution in [0.1, 0.15) is 44.7 Å². The van der Waals surface area contributed by atoms with Crippen molar-refractivity contribution >= 4 is 27.8 Å². The van der Waals surface area contributed by atoms with E-state index in [-0.39, 0.29) is 27.7 Å². The van der Waals surface area contributed by atoms with Crippen LogP contribution in [-0.2, 0) is 21.3 Å². The number of amides is 1. The highest BCUT2D eigenvalue weighted by Crippen LogP contribution is 2.31. The van der Waals surface area contributed by atoms with Crippen LogP contribution < -0.4 is 8.92 Å². The average Bonchev–Trinajstić information content (AvgIpc) is 2.88. The smallest absolute Gasteiger partial charge is 0.410 e. The van der Waals surface area contributed by atoms with E-state index in [9.17, 15) is 13.2 Å². The number of piperidine rings is 1. The van der Waals surface area contributed by atoms with Crippen molar-refractivity contribution in [3.63, 3.8) is 0 Å². The van der Waals surface area contributed by atoms with Gasteiger partial charge in [0, 0.05) is 25.6 Å². The lowest BCUT2D eigenvalue weighted by Crippen LogP contribution is -2.42. The summed E-state index contributed by atoms with van der Waals surface area (Å²) < 4.78 is 43.0. The Morgan fingerprint density at radius 1 is 0.974 bits per heavy atom. The number of rotatable bonds is 8. The fourth-order valence-corrected chi connectivity index (χ4v) is 5.74. The zero-order valence-electron chi connectivity index (χ0n) is 22.4. The summed E-state index contributed by atoms with van der Waals surface area (Å²) in [5.41, 5.74) is 1.48. The quantitative estimate of drug-likeness (QED) is 0.279. The molecule has 3 aromatic carbocycles. The Balaban J connectivity index is 1.47. The molecule has 1 aliphatic heterocycles. The fourth-order valence-electron chi connectivity index (χ4n) is 4.32. The molecule has 208 valence electrons. The number of ether oxygens (including phenoxy) is 2. The van der Waals surface area contributed by atoms with Crippen LogP contribution in [0.2, 0.25) is 5.02 Å². The second-order valence-electron chi connectivity index (χ2n) is 10.6. The van der Waals surface area contributed by atoms with Crippen molar-refractivity contribution in [2.45, 2.75) is 50.5 Å². The Kier molecular flexibility index (Phi) is 9.08. The molecule has 0 unspecified atom stereocenters. The number of carbonyl (C=O) groups excluding carboxylic acids is 1. The zero-order chi connectivity index (χ0) is 28.0. The molecule has 4 rings (SSSR count). The van der Waals surface area contributed by atoms with Gasteiger partial charge in [-0.15, -0.1) is 0 Å². The van der Waals surface area contributed by atoms with Crippen LogP contribution in [-0.4, -0.2) is 44.7 Å². The maximum atomic E-state index is 12.9. The summed E-state index contributed by atoms with van der Waals surface area (Å²) in [6.45, 7) is 7.20. The number of hydrogen-bond donors (Lipinski definition) is 0. The summed E-state index contributed by atoms with van der Waals surface area (Å²) in [5.74, 6) is 0.937. The lowest BCUT2D eigenvalue weighted by atomic mass is 9.98. The van der Waals surface area contributed by atoms with Gasteiger partial charge in [0.2, 0.25) is 0 Å². The number of nitrogens with zero attached hydrogens (tertiary/aromatic N) is 1. The highest BCUT2D eigenvalue weighted by atomic mass is 35.5. The minimum Gasteiger partial charge on any atom is -0.493 e.